The van der Waals surface area contributed by atoms with Crippen LogP contribution in [0.3, 0.4) is 0 Å². The van der Waals surface area contributed by atoms with Gasteiger partial charge in [-0.25, -0.2) is 0 Å². The van der Waals surface area contributed by atoms with Crippen LogP contribution in [0.1, 0.15) is 43.2 Å². The fourth-order valence-electron chi connectivity index (χ4n) is 3.58. The molecule has 2 aliphatic rings. The van der Waals surface area contributed by atoms with Crippen molar-refractivity contribution in [1.29, 1.82) is 0 Å². The minimum atomic E-state index is -0.140. The number of piperidine rings is 2. The molecule has 3 N–H and O–H groups in total. The van der Waals surface area contributed by atoms with E-state index in [1.54, 1.807) is 0 Å². The van der Waals surface area contributed by atoms with Gasteiger partial charge in [0.25, 0.3) is 0 Å². The maximum atomic E-state index is 12.3. The van der Waals surface area contributed by atoms with Crippen LogP contribution in [0.2, 0.25) is 0 Å². The summed E-state index contributed by atoms with van der Waals surface area (Å²) in [7, 11) is 0. The third-order valence-electron chi connectivity index (χ3n) is 5.15. The highest BCUT2D eigenvalue weighted by Gasteiger charge is 2.21. The Morgan fingerprint density at radius 2 is 1.92 bits per heavy atom. The summed E-state index contributed by atoms with van der Waals surface area (Å²) in [6.07, 6.45) is 4.79. The lowest BCUT2D eigenvalue weighted by atomic mass is 10.0. The SMILES string of the molecule is O=C(NCc1ccccc1CN1CCC(O)CC1)[C@H]1CCCCN1. The van der Waals surface area contributed by atoms with Crippen molar-refractivity contribution in [2.75, 3.05) is 19.6 Å². The zero-order chi connectivity index (χ0) is 16.8. The second-order valence-electron chi connectivity index (χ2n) is 7.00. The van der Waals surface area contributed by atoms with Gasteiger partial charge in [-0.2, -0.15) is 0 Å². The second-order valence-corrected chi connectivity index (χ2v) is 7.00. The van der Waals surface area contributed by atoms with Crippen molar-refractivity contribution in [1.82, 2.24) is 15.5 Å². The summed E-state index contributed by atoms with van der Waals surface area (Å²) in [6.45, 7) is 4.29. The number of benzene rings is 1. The van der Waals surface area contributed by atoms with Gasteiger partial charge < -0.3 is 15.7 Å². The first-order valence-corrected chi connectivity index (χ1v) is 9.20. The fraction of sp³-hybridized carbons (Fsp3) is 0.632. The van der Waals surface area contributed by atoms with Gasteiger partial charge in [0, 0.05) is 26.2 Å². The minimum Gasteiger partial charge on any atom is -0.393 e. The van der Waals surface area contributed by atoms with Gasteiger partial charge in [-0.3, -0.25) is 9.69 Å². The average molecular weight is 331 g/mol. The van der Waals surface area contributed by atoms with Crippen LogP contribution in [0.5, 0.6) is 0 Å². The Morgan fingerprint density at radius 3 is 2.62 bits per heavy atom. The summed E-state index contributed by atoms with van der Waals surface area (Å²) in [5.41, 5.74) is 2.46. The van der Waals surface area contributed by atoms with E-state index in [0.29, 0.717) is 6.54 Å². The molecule has 0 saturated carbocycles. The Balaban J connectivity index is 1.54. The number of aliphatic hydroxyl groups excluding tert-OH is 1. The van der Waals surface area contributed by atoms with E-state index in [0.717, 1.165) is 58.3 Å². The Kier molecular flexibility index (Phi) is 6.24. The van der Waals surface area contributed by atoms with Crippen LogP contribution >= 0.6 is 0 Å². The summed E-state index contributed by atoms with van der Waals surface area (Å²) in [6, 6.07) is 8.30. The number of nitrogens with one attached hydrogen (secondary N) is 2. The number of rotatable bonds is 5. The van der Waals surface area contributed by atoms with Gasteiger partial charge in [0.2, 0.25) is 5.91 Å². The molecule has 1 aromatic rings. The topological polar surface area (TPSA) is 64.6 Å². The van der Waals surface area contributed by atoms with Crippen molar-refractivity contribution in [3.63, 3.8) is 0 Å². The summed E-state index contributed by atoms with van der Waals surface area (Å²) in [5, 5.41) is 16.0. The van der Waals surface area contributed by atoms with Gasteiger partial charge >= 0.3 is 0 Å². The molecule has 0 radical (unpaired) electrons. The quantitative estimate of drug-likeness (QED) is 0.763. The third kappa shape index (κ3) is 4.79. The highest BCUT2D eigenvalue weighted by atomic mass is 16.3. The predicted octanol–water partition coefficient (Wildman–Crippen LogP) is 1.40. The first-order valence-electron chi connectivity index (χ1n) is 9.20. The standard InChI is InChI=1S/C19H29N3O2/c23-17-8-11-22(12-9-17)14-16-6-2-1-5-15(16)13-21-19(24)18-7-3-4-10-20-18/h1-2,5-6,17-18,20,23H,3-4,7-14H2,(H,21,24)/t18-/m1/s1. The third-order valence-corrected chi connectivity index (χ3v) is 5.15. The monoisotopic (exact) mass is 331 g/mol. The molecular formula is C19H29N3O2. The van der Waals surface area contributed by atoms with Crippen LogP contribution < -0.4 is 10.6 Å². The van der Waals surface area contributed by atoms with Gasteiger partial charge in [-0.15, -0.1) is 0 Å². The van der Waals surface area contributed by atoms with Crippen molar-refractivity contribution >= 4 is 5.91 Å². The van der Waals surface area contributed by atoms with E-state index >= 15 is 0 Å². The molecule has 5 nitrogen and oxygen atoms in total. The van der Waals surface area contributed by atoms with Crippen LogP contribution in [0.15, 0.2) is 24.3 Å². The molecule has 5 heteroatoms. The Morgan fingerprint density at radius 1 is 1.17 bits per heavy atom. The van der Waals surface area contributed by atoms with E-state index in [2.05, 4.69) is 33.7 Å². The van der Waals surface area contributed by atoms with Crippen LogP contribution in [0.4, 0.5) is 0 Å². The average Bonchev–Trinajstić information content (AvgIpc) is 2.63. The van der Waals surface area contributed by atoms with E-state index in [4.69, 9.17) is 0 Å². The largest absolute Gasteiger partial charge is 0.393 e. The molecule has 2 heterocycles. The lowest BCUT2D eigenvalue weighted by molar-refractivity contribution is -0.123. The molecule has 2 aliphatic heterocycles. The molecule has 2 fully saturated rings. The molecule has 0 aliphatic carbocycles. The normalized spacial score (nSPS) is 23.1. The number of amides is 1. The number of hydrogen-bond acceptors (Lipinski definition) is 4. The first-order chi connectivity index (χ1) is 11.7. The zero-order valence-corrected chi connectivity index (χ0v) is 14.3. The number of likely N-dealkylation sites (tertiary alicyclic amines) is 1. The molecule has 0 spiro atoms. The van der Waals surface area contributed by atoms with Gasteiger partial charge in [0.1, 0.15) is 0 Å². The summed E-state index contributed by atoms with van der Waals surface area (Å²) in [5.74, 6) is 0.116. The molecule has 0 aromatic heterocycles. The van der Waals surface area contributed by atoms with Gasteiger partial charge in [-0.1, -0.05) is 30.7 Å². The predicted molar refractivity (Wildman–Crippen MR) is 94.4 cm³/mol. The molecule has 24 heavy (non-hydrogen) atoms. The van der Waals surface area contributed by atoms with Crippen LogP contribution in [-0.4, -0.2) is 47.7 Å². The lowest BCUT2D eigenvalue weighted by Gasteiger charge is -2.30. The molecule has 1 amide bonds. The molecule has 3 rings (SSSR count). The van der Waals surface area contributed by atoms with Crippen molar-refractivity contribution in [3.05, 3.63) is 35.4 Å². The molecule has 2 saturated heterocycles. The van der Waals surface area contributed by atoms with Crippen molar-refractivity contribution in [2.24, 2.45) is 0 Å². The molecule has 132 valence electrons. The highest BCUT2D eigenvalue weighted by molar-refractivity contribution is 5.81. The van der Waals surface area contributed by atoms with Crippen molar-refractivity contribution in [3.8, 4) is 0 Å². The molecular weight excluding hydrogens is 302 g/mol. The van der Waals surface area contributed by atoms with E-state index in [9.17, 15) is 9.90 Å². The number of nitrogens with zero attached hydrogens (tertiary/aromatic N) is 1. The lowest BCUT2D eigenvalue weighted by Crippen LogP contribution is -2.46. The number of hydrogen-bond donors (Lipinski definition) is 3. The molecule has 1 atom stereocenters. The van der Waals surface area contributed by atoms with E-state index in [1.807, 2.05) is 6.07 Å². The zero-order valence-electron chi connectivity index (χ0n) is 14.3. The Bertz CT molecular complexity index is 535. The van der Waals surface area contributed by atoms with E-state index in [1.165, 1.54) is 11.1 Å². The second kappa shape index (κ2) is 8.60. The maximum absolute atomic E-state index is 12.3. The molecule has 0 bridgehead atoms. The van der Waals surface area contributed by atoms with E-state index in [-0.39, 0.29) is 18.1 Å². The summed E-state index contributed by atoms with van der Waals surface area (Å²) >= 11 is 0. The summed E-state index contributed by atoms with van der Waals surface area (Å²) in [4.78, 5) is 14.7. The van der Waals surface area contributed by atoms with Crippen LogP contribution in [0, 0.1) is 0 Å². The van der Waals surface area contributed by atoms with Crippen molar-refractivity contribution < 1.29 is 9.90 Å². The van der Waals surface area contributed by atoms with Gasteiger partial charge in [0.15, 0.2) is 0 Å². The Labute approximate surface area is 144 Å². The van der Waals surface area contributed by atoms with Gasteiger partial charge in [0.05, 0.1) is 12.1 Å². The highest BCUT2D eigenvalue weighted by Crippen LogP contribution is 2.17. The van der Waals surface area contributed by atoms with Crippen LogP contribution in [-0.2, 0) is 17.9 Å². The molecule has 1 aromatic carbocycles. The van der Waals surface area contributed by atoms with E-state index < -0.39 is 0 Å². The first kappa shape index (κ1) is 17.4. The number of carbonyl (C=O) groups excluding carboxylic acids is 1. The minimum absolute atomic E-state index is 0.0329. The maximum Gasteiger partial charge on any atom is 0.237 e. The number of aliphatic hydroxyl groups is 1. The smallest absolute Gasteiger partial charge is 0.237 e. The molecule has 0 unspecified atom stereocenters. The summed E-state index contributed by atoms with van der Waals surface area (Å²) < 4.78 is 0. The Hall–Kier alpha value is -1.43. The number of carbonyl (C=O) groups is 1. The van der Waals surface area contributed by atoms with Gasteiger partial charge in [-0.05, 0) is 43.4 Å². The van der Waals surface area contributed by atoms with Crippen molar-refractivity contribution in [2.45, 2.75) is 57.3 Å². The fourth-order valence-corrected chi connectivity index (χ4v) is 3.58. The van der Waals surface area contributed by atoms with Crippen LogP contribution in [0.25, 0.3) is 0 Å².